The molecule has 0 saturated heterocycles. The summed E-state index contributed by atoms with van der Waals surface area (Å²) in [6, 6.07) is 6.73. The quantitative estimate of drug-likeness (QED) is 0.771. The minimum atomic E-state index is 0.613. The van der Waals surface area contributed by atoms with Crippen LogP contribution in [0.1, 0.15) is 32.3 Å². The SMILES string of the molecule is CCC(CC)NCCOc1cc(Br)ccc1C. The van der Waals surface area contributed by atoms with Crippen molar-refractivity contribution in [1.29, 1.82) is 0 Å². The van der Waals surface area contributed by atoms with Gasteiger partial charge < -0.3 is 10.1 Å². The van der Waals surface area contributed by atoms with Crippen LogP contribution >= 0.6 is 15.9 Å². The van der Waals surface area contributed by atoms with Crippen molar-refractivity contribution in [2.24, 2.45) is 0 Å². The van der Waals surface area contributed by atoms with E-state index in [0.29, 0.717) is 12.6 Å². The maximum atomic E-state index is 5.76. The molecule has 0 aromatic heterocycles. The van der Waals surface area contributed by atoms with E-state index in [1.165, 1.54) is 18.4 Å². The highest BCUT2D eigenvalue weighted by Gasteiger charge is 2.03. The van der Waals surface area contributed by atoms with E-state index >= 15 is 0 Å². The van der Waals surface area contributed by atoms with Gasteiger partial charge in [0, 0.05) is 17.1 Å². The van der Waals surface area contributed by atoms with E-state index in [1.807, 2.05) is 12.1 Å². The third-order valence-electron chi connectivity index (χ3n) is 2.93. The van der Waals surface area contributed by atoms with Crippen LogP contribution in [0, 0.1) is 6.92 Å². The lowest BCUT2D eigenvalue weighted by Gasteiger charge is -2.15. The molecule has 0 aliphatic heterocycles. The molecule has 2 nitrogen and oxygen atoms in total. The first kappa shape index (κ1) is 14.5. The van der Waals surface area contributed by atoms with Crippen molar-refractivity contribution in [3.05, 3.63) is 28.2 Å². The largest absolute Gasteiger partial charge is 0.492 e. The van der Waals surface area contributed by atoms with Crippen molar-refractivity contribution in [3.63, 3.8) is 0 Å². The number of hydrogen-bond donors (Lipinski definition) is 1. The van der Waals surface area contributed by atoms with Crippen LogP contribution in [0.15, 0.2) is 22.7 Å². The standard InChI is InChI=1S/C14H22BrNO/c1-4-13(5-2)16-8-9-17-14-10-12(15)7-6-11(14)3/h6-7,10,13,16H,4-5,8-9H2,1-3H3. The topological polar surface area (TPSA) is 21.3 Å². The lowest BCUT2D eigenvalue weighted by atomic mass is 10.2. The number of rotatable bonds is 7. The molecule has 0 unspecified atom stereocenters. The Bertz CT molecular complexity index is 337. The molecule has 0 bridgehead atoms. The highest BCUT2D eigenvalue weighted by molar-refractivity contribution is 9.10. The van der Waals surface area contributed by atoms with E-state index in [4.69, 9.17) is 4.74 Å². The fraction of sp³-hybridized carbons (Fsp3) is 0.571. The Kier molecular flexibility index (Phi) is 6.60. The molecule has 3 heteroatoms. The minimum absolute atomic E-state index is 0.613. The second kappa shape index (κ2) is 7.72. The Morgan fingerprint density at radius 1 is 1.29 bits per heavy atom. The lowest BCUT2D eigenvalue weighted by molar-refractivity contribution is 0.300. The normalized spacial score (nSPS) is 10.9. The summed E-state index contributed by atoms with van der Waals surface area (Å²) in [4.78, 5) is 0. The molecule has 96 valence electrons. The lowest BCUT2D eigenvalue weighted by Crippen LogP contribution is -2.31. The monoisotopic (exact) mass is 299 g/mol. The molecule has 0 aliphatic rings. The number of halogens is 1. The second-order valence-corrected chi connectivity index (χ2v) is 5.14. The predicted octanol–water partition coefficient (Wildman–Crippen LogP) is 3.91. The molecule has 0 heterocycles. The van der Waals surface area contributed by atoms with Gasteiger partial charge in [0.1, 0.15) is 12.4 Å². The highest BCUT2D eigenvalue weighted by atomic mass is 79.9. The third-order valence-corrected chi connectivity index (χ3v) is 3.42. The number of hydrogen-bond acceptors (Lipinski definition) is 2. The maximum absolute atomic E-state index is 5.76. The van der Waals surface area contributed by atoms with Crippen molar-refractivity contribution in [1.82, 2.24) is 5.32 Å². The van der Waals surface area contributed by atoms with Crippen LogP contribution in [0.2, 0.25) is 0 Å². The van der Waals surface area contributed by atoms with Crippen LogP contribution in [0.5, 0.6) is 5.75 Å². The number of benzene rings is 1. The highest BCUT2D eigenvalue weighted by Crippen LogP contribution is 2.22. The van der Waals surface area contributed by atoms with E-state index in [2.05, 4.69) is 48.1 Å². The van der Waals surface area contributed by atoms with Gasteiger partial charge in [-0.1, -0.05) is 35.8 Å². The van der Waals surface area contributed by atoms with Gasteiger partial charge in [-0.15, -0.1) is 0 Å². The maximum Gasteiger partial charge on any atom is 0.123 e. The van der Waals surface area contributed by atoms with Crippen molar-refractivity contribution in [3.8, 4) is 5.75 Å². The summed E-state index contributed by atoms with van der Waals surface area (Å²) in [6.07, 6.45) is 2.35. The first-order chi connectivity index (χ1) is 8.17. The van der Waals surface area contributed by atoms with Crippen LogP contribution < -0.4 is 10.1 Å². The summed E-state index contributed by atoms with van der Waals surface area (Å²) in [5.74, 6) is 0.964. The molecular formula is C14H22BrNO. The second-order valence-electron chi connectivity index (χ2n) is 4.23. The van der Waals surface area contributed by atoms with Crippen LogP contribution in [0.4, 0.5) is 0 Å². The molecule has 0 fully saturated rings. The van der Waals surface area contributed by atoms with Crippen LogP contribution in [0.25, 0.3) is 0 Å². The fourth-order valence-electron chi connectivity index (χ4n) is 1.73. The van der Waals surface area contributed by atoms with E-state index in [9.17, 15) is 0 Å². The van der Waals surface area contributed by atoms with Crippen molar-refractivity contribution >= 4 is 15.9 Å². The van der Waals surface area contributed by atoms with Gasteiger partial charge in [-0.25, -0.2) is 0 Å². The minimum Gasteiger partial charge on any atom is -0.492 e. The zero-order valence-corrected chi connectivity index (χ0v) is 12.5. The molecule has 1 aromatic carbocycles. The molecule has 1 rings (SSSR count). The van der Waals surface area contributed by atoms with Gasteiger partial charge in [0.05, 0.1) is 0 Å². The van der Waals surface area contributed by atoms with Crippen LogP contribution in [-0.4, -0.2) is 19.2 Å². The van der Waals surface area contributed by atoms with Gasteiger partial charge in [-0.05, 0) is 37.5 Å². The molecular weight excluding hydrogens is 278 g/mol. The molecule has 0 spiro atoms. The van der Waals surface area contributed by atoms with E-state index in [0.717, 1.165) is 16.8 Å². The number of aryl methyl sites for hydroxylation is 1. The molecule has 0 saturated carbocycles. The molecule has 17 heavy (non-hydrogen) atoms. The van der Waals surface area contributed by atoms with Crippen LogP contribution in [0.3, 0.4) is 0 Å². The Morgan fingerprint density at radius 2 is 2.00 bits per heavy atom. The van der Waals surface area contributed by atoms with Crippen LogP contribution in [-0.2, 0) is 0 Å². The number of nitrogens with one attached hydrogen (secondary N) is 1. The Hall–Kier alpha value is -0.540. The smallest absolute Gasteiger partial charge is 0.123 e. The van der Waals surface area contributed by atoms with Crippen molar-refractivity contribution in [2.75, 3.05) is 13.2 Å². The molecule has 1 aromatic rings. The summed E-state index contributed by atoms with van der Waals surface area (Å²) in [5.41, 5.74) is 1.18. The Labute approximate surface area is 113 Å². The predicted molar refractivity (Wildman–Crippen MR) is 76.7 cm³/mol. The van der Waals surface area contributed by atoms with Crippen molar-refractivity contribution in [2.45, 2.75) is 39.7 Å². The van der Waals surface area contributed by atoms with Gasteiger partial charge in [0.15, 0.2) is 0 Å². The molecule has 0 aliphatic carbocycles. The summed E-state index contributed by atoms with van der Waals surface area (Å²) in [5, 5.41) is 3.49. The first-order valence-corrected chi connectivity index (χ1v) is 7.09. The zero-order chi connectivity index (χ0) is 12.7. The van der Waals surface area contributed by atoms with Gasteiger partial charge in [0.2, 0.25) is 0 Å². The fourth-order valence-corrected chi connectivity index (χ4v) is 2.07. The summed E-state index contributed by atoms with van der Waals surface area (Å²) >= 11 is 3.46. The Balaban J connectivity index is 2.33. The van der Waals surface area contributed by atoms with Gasteiger partial charge >= 0.3 is 0 Å². The summed E-state index contributed by atoms with van der Waals surface area (Å²) in [6.45, 7) is 8.10. The molecule has 0 atom stereocenters. The Morgan fingerprint density at radius 3 is 2.65 bits per heavy atom. The molecule has 0 amide bonds. The van der Waals surface area contributed by atoms with Gasteiger partial charge in [0.25, 0.3) is 0 Å². The third kappa shape index (κ3) is 5.09. The van der Waals surface area contributed by atoms with E-state index < -0.39 is 0 Å². The van der Waals surface area contributed by atoms with Gasteiger partial charge in [-0.3, -0.25) is 0 Å². The molecule has 1 N–H and O–H groups in total. The first-order valence-electron chi connectivity index (χ1n) is 6.29. The van der Waals surface area contributed by atoms with Crippen molar-refractivity contribution < 1.29 is 4.74 Å². The van der Waals surface area contributed by atoms with Gasteiger partial charge in [-0.2, -0.15) is 0 Å². The number of ether oxygens (including phenoxy) is 1. The molecule has 0 radical (unpaired) electrons. The average Bonchev–Trinajstić information content (AvgIpc) is 2.33. The van der Waals surface area contributed by atoms with E-state index in [-0.39, 0.29) is 0 Å². The average molecular weight is 300 g/mol. The van der Waals surface area contributed by atoms with E-state index in [1.54, 1.807) is 0 Å². The summed E-state index contributed by atoms with van der Waals surface area (Å²) < 4.78 is 6.83. The zero-order valence-electron chi connectivity index (χ0n) is 10.9. The summed E-state index contributed by atoms with van der Waals surface area (Å²) in [7, 11) is 0.